The zero-order chi connectivity index (χ0) is 20.3. The maximum Gasteiger partial charge on any atom is 0.282 e. The van der Waals surface area contributed by atoms with Gasteiger partial charge in [-0.3, -0.25) is 9.59 Å². The summed E-state index contributed by atoms with van der Waals surface area (Å²) in [6.07, 6.45) is 0. The smallest absolute Gasteiger partial charge is 0.282 e. The molecule has 2 aromatic rings. The molecule has 148 valence electrons. The second kappa shape index (κ2) is 8.94. The van der Waals surface area contributed by atoms with Gasteiger partial charge in [-0.25, -0.2) is 4.39 Å². The fraction of sp³-hybridized carbons (Fsp3) is 0.263. The number of amides is 2. The van der Waals surface area contributed by atoms with Crippen LogP contribution in [0, 0.1) is 0 Å². The fourth-order valence-electron chi connectivity index (χ4n) is 3.04. The van der Waals surface area contributed by atoms with Gasteiger partial charge in [0.2, 0.25) is 5.91 Å². The van der Waals surface area contributed by atoms with E-state index >= 15 is 0 Å². The number of hydrogen-bond acceptors (Lipinski definition) is 4. The Morgan fingerprint density at radius 2 is 2.04 bits per heavy atom. The van der Waals surface area contributed by atoms with E-state index in [2.05, 4.69) is 11.9 Å². The van der Waals surface area contributed by atoms with E-state index in [1.165, 1.54) is 16.2 Å². The molecule has 2 amide bonds. The number of piperazine rings is 1. The highest BCUT2D eigenvalue weighted by atomic mass is 35.5. The predicted octanol–water partition coefficient (Wildman–Crippen LogP) is 3.87. The molecular formula is C19H18Cl2FN3O2S. The third-order valence-electron chi connectivity index (χ3n) is 4.45. The lowest BCUT2D eigenvalue weighted by Gasteiger charge is -2.41. The predicted molar refractivity (Wildman–Crippen MR) is 111 cm³/mol. The third-order valence-corrected chi connectivity index (χ3v) is 6.07. The number of hydrogen-bond donors (Lipinski definition) is 1. The zero-order valence-electron chi connectivity index (χ0n) is 14.8. The molecule has 0 radical (unpaired) electrons. The number of anilines is 1. The van der Waals surface area contributed by atoms with Crippen molar-refractivity contribution < 1.29 is 14.0 Å². The van der Waals surface area contributed by atoms with Gasteiger partial charge < -0.3 is 15.1 Å². The van der Waals surface area contributed by atoms with Gasteiger partial charge in [0.1, 0.15) is 6.04 Å². The lowest BCUT2D eigenvalue weighted by molar-refractivity contribution is -0.131. The molecule has 1 aliphatic rings. The minimum atomic E-state index is -1.04. The van der Waals surface area contributed by atoms with Gasteiger partial charge in [0.15, 0.2) is 5.83 Å². The third kappa shape index (κ3) is 4.66. The summed E-state index contributed by atoms with van der Waals surface area (Å²) in [5.74, 6) is -2.10. The van der Waals surface area contributed by atoms with E-state index in [-0.39, 0.29) is 19.0 Å². The van der Waals surface area contributed by atoms with Crippen LogP contribution in [0.2, 0.25) is 10.0 Å². The largest absolute Gasteiger partial charge is 0.356 e. The Morgan fingerprint density at radius 1 is 1.25 bits per heavy atom. The Bertz CT molecular complexity index is 891. The van der Waals surface area contributed by atoms with Crippen LogP contribution in [0.5, 0.6) is 0 Å². The minimum Gasteiger partial charge on any atom is -0.356 e. The van der Waals surface area contributed by atoms with Gasteiger partial charge in [0, 0.05) is 23.7 Å². The standard InChI is InChI=1S/C19H18Cl2FN3O2S/c1-12(22)19(27)24-6-7-25(13-4-5-15(20)16(21)9-13)17(11-24)18(26)23-10-14-3-2-8-28-14/h2-5,8-9,17H,1,6-7,10-11H2,(H,23,26)/t17-/m0/s1. The summed E-state index contributed by atoms with van der Waals surface area (Å²) < 4.78 is 13.3. The Hall–Kier alpha value is -2.09. The van der Waals surface area contributed by atoms with Gasteiger partial charge in [-0.1, -0.05) is 35.8 Å². The van der Waals surface area contributed by atoms with Gasteiger partial charge in [-0.2, -0.15) is 0 Å². The molecule has 0 aliphatic carbocycles. The average Bonchev–Trinajstić information content (AvgIpc) is 3.20. The van der Waals surface area contributed by atoms with Crippen molar-refractivity contribution in [3.8, 4) is 0 Å². The molecule has 1 atom stereocenters. The second-order valence-electron chi connectivity index (χ2n) is 6.26. The number of halogens is 3. The van der Waals surface area contributed by atoms with Crippen LogP contribution in [0.4, 0.5) is 10.1 Å². The molecule has 1 saturated heterocycles. The quantitative estimate of drug-likeness (QED) is 0.716. The molecule has 1 aromatic carbocycles. The first-order valence-corrected chi connectivity index (χ1v) is 10.2. The van der Waals surface area contributed by atoms with Crippen molar-refractivity contribution in [2.24, 2.45) is 0 Å². The maximum atomic E-state index is 13.3. The van der Waals surface area contributed by atoms with Crippen molar-refractivity contribution in [3.63, 3.8) is 0 Å². The molecular weight excluding hydrogens is 424 g/mol. The number of nitrogens with one attached hydrogen (secondary N) is 1. The van der Waals surface area contributed by atoms with Crippen LogP contribution in [-0.4, -0.2) is 42.4 Å². The van der Waals surface area contributed by atoms with Crippen LogP contribution < -0.4 is 10.2 Å². The average molecular weight is 442 g/mol. The molecule has 1 N–H and O–H groups in total. The van der Waals surface area contributed by atoms with Crippen molar-refractivity contribution in [2.45, 2.75) is 12.6 Å². The zero-order valence-corrected chi connectivity index (χ0v) is 17.2. The lowest BCUT2D eigenvalue weighted by atomic mass is 10.1. The summed E-state index contributed by atoms with van der Waals surface area (Å²) in [4.78, 5) is 29.1. The van der Waals surface area contributed by atoms with Crippen molar-refractivity contribution in [2.75, 3.05) is 24.5 Å². The van der Waals surface area contributed by atoms with E-state index in [0.29, 0.717) is 28.8 Å². The first-order chi connectivity index (χ1) is 13.4. The van der Waals surface area contributed by atoms with E-state index in [1.807, 2.05) is 22.4 Å². The van der Waals surface area contributed by atoms with Crippen LogP contribution in [-0.2, 0) is 16.1 Å². The van der Waals surface area contributed by atoms with E-state index in [9.17, 15) is 14.0 Å². The molecule has 1 fully saturated rings. The van der Waals surface area contributed by atoms with Crippen molar-refractivity contribution >= 4 is 52.0 Å². The highest BCUT2D eigenvalue weighted by Gasteiger charge is 2.35. The number of benzene rings is 1. The molecule has 0 bridgehead atoms. The summed E-state index contributed by atoms with van der Waals surface area (Å²) in [5.41, 5.74) is 0.705. The number of thiophene rings is 1. The van der Waals surface area contributed by atoms with Crippen LogP contribution in [0.3, 0.4) is 0 Å². The Kier molecular flexibility index (Phi) is 6.59. The van der Waals surface area contributed by atoms with Gasteiger partial charge in [-0.15, -0.1) is 11.3 Å². The van der Waals surface area contributed by atoms with E-state index in [0.717, 1.165) is 4.88 Å². The second-order valence-corrected chi connectivity index (χ2v) is 8.11. The number of nitrogens with zero attached hydrogens (tertiary/aromatic N) is 2. The van der Waals surface area contributed by atoms with Crippen LogP contribution >= 0.6 is 34.5 Å². The molecule has 28 heavy (non-hydrogen) atoms. The summed E-state index contributed by atoms with van der Waals surface area (Å²) in [5, 5.41) is 5.59. The molecule has 0 spiro atoms. The van der Waals surface area contributed by atoms with Crippen molar-refractivity contribution in [1.29, 1.82) is 0 Å². The first-order valence-electron chi connectivity index (χ1n) is 8.52. The summed E-state index contributed by atoms with van der Waals surface area (Å²) >= 11 is 13.7. The van der Waals surface area contributed by atoms with Crippen LogP contribution in [0.25, 0.3) is 0 Å². The normalized spacial score (nSPS) is 16.8. The van der Waals surface area contributed by atoms with E-state index < -0.39 is 17.8 Å². The highest BCUT2D eigenvalue weighted by molar-refractivity contribution is 7.09. The topological polar surface area (TPSA) is 52.7 Å². The Balaban J connectivity index is 1.82. The number of carbonyl (C=O) groups excluding carboxylic acids is 2. The summed E-state index contributed by atoms with van der Waals surface area (Å²) in [6, 6.07) is 8.22. The SMILES string of the molecule is C=C(F)C(=O)N1CCN(c2ccc(Cl)c(Cl)c2)[C@H](C(=O)NCc2cccs2)C1. The maximum absolute atomic E-state index is 13.3. The summed E-state index contributed by atoms with van der Waals surface area (Å²) in [7, 11) is 0. The van der Waals surface area contributed by atoms with Crippen LogP contribution in [0.15, 0.2) is 48.1 Å². The Labute approximate surface area is 176 Å². The minimum absolute atomic E-state index is 0.0400. The highest BCUT2D eigenvalue weighted by Crippen LogP contribution is 2.29. The molecule has 3 rings (SSSR count). The van der Waals surface area contributed by atoms with Crippen molar-refractivity contribution in [1.82, 2.24) is 10.2 Å². The monoisotopic (exact) mass is 441 g/mol. The lowest BCUT2D eigenvalue weighted by Crippen LogP contribution is -2.60. The molecule has 1 aliphatic heterocycles. The van der Waals surface area contributed by atoms with Crippen LogP contribution in [0.1, 0.15) is 4.88 Å². The van der Waals surface area contributed by atoms with E-state index in [4.69, 9.17) is 23.2 Å². The molecule has 2 heterocycles. The first kappa shape index (κ1) is 20.6. The molecule has 1 aromatic heterocycles. The van der Waals surface area contributed by atoms with Gasteiger partial charge in [-0.05, 0) is 29.6 Å². The molecule has 5 nitrogen and oxygen atoms in total. The fourth-order valence-corrected chi connectivity index (χ4v) is 3.98. The van der Waals surface area contributed by atoms with Gasteiger partial charge in [0.25, 0.3) is 5.91 Å². The molecule has 9 heteroatoms. The number of carbonyl (C=O) groups is 2. The van der Waals surface area contributed by atoms with Gasteiger partial charge >= 0.3 is 0 Å². The van der Waals surface area contributed by atoms with E-state index in [1.54, 1.807) is 18.2 Å². The molecule has 0 unspecified atom stereocenters. The van der Waals surface area contributed by atoms with Gasteiger partial charge in [0.05, 0.1) is 23.1 Å². The summed E-state index contributed by atoms with van der Waals surface area (Å²) in [6.45, 7) is 4.09. The number of rotatable bonds is 5. The van der Waals surface area contributed by atoms with Crippen molar-refractivity contribution in [3.05, 3.63) is 63.0 Å². The molecule has 0 saturated carbocycles. The Morgan fingerprint density at radius 3 is 2.68 bits per heavy atom.